The summed E-state index contributed by atoms with van der Waals surface area (Å²) >= 11 is 3.43. The van der Waals surface area contributed by atoms with Crippen LogP contribution in [-0.2, 0) is 12.8 Å². The average molecular weight is 239 g/mol. The van der Waals surface area contributed by atoms with Crippen molar-refractivity contribution in [1.82, 2.24) is 0 Å². The molecule has 2 rings (SSSR count). The van der Waals surface area contributed by atoms with Gasteiger partial charge in [0.15, 0.2) is 5.78 Å². The fourth-order valence-electron chi connectivity index (χ4n) is 1.98. The summed E-state index contributed by atoms with van der Waals surface area (Å²) in [6, 6.07) is 4.07. The summed E-state index contributed by atoms with van der Waals surface area (Å²) in [7, 11) is 0. The van der Waals surface area contributed by atoms with Gasteiger partial charge in [-0.3, -0.25) is 4.79 Å². The van der Waals surface area contributed by atoms with Crippen molar-refractivity contribution in [2.75, 3.05) is 0 Å². The van der Waals surface area contributed by atoms with Crippen molar-refractivity contribution in [2.24, 2.45) is 0 Å². The monoisotopic (exact) mass is 238 g/mol. The fraction of sp³-hybridized carbons (Fsp3) is 0.364. The van der Waals surface area contributed by atoms with Crippen molar-refractivity contribution >= 4 is 21.7 Å². The topological polar surface area (TPSA) is 17.1 Å². The SMILES string of the molecule is CC(=O)c1cc(Br)cc2c1CCC2. The van der Waals surface area contributed by atoms with Crippen LogP contribution in [0.15, 0.2) is 16.6 Å². The number of hydrogen-bond donors (Lipinski definition) is 0. The first-order valence-electron chi connectivity index (χ1n) is 4.50. The molecule has 0 spiro atoms. The number of halogens is 1. The summed E-state index contributed by atoms with van der Waals surface area (Å²) in [6.07, 6.45) is 3.37. The first-order chi connectivity index (χ1) is 6.18. The third-order valence-corrected chi connectivity index (χ3v) is 3.02. The Balaban J connectivity index is 2.62. The van der Waals surface area contributed by atoms with Gasteiger partial charge in [-0.25, -0.2) is 0 Å². The molecule has 0 heterocycles. The van der Waals surface area contributed by atoms with Gasteiger partial charge in [0, 0.05) is 10.0 Å². The Kier molecular flexibility index (Phi) is 2.24. The van der Waals surface area contributed by atoms with E-state index in [4.69, 9.17) is 0 Å². The van der Waals surface area contributed by atoms with E-state index in [1.165, 1.54) is 17.5 Å². The van der Waals surface area contributed by atoms with Crippen molar-refractivity contribution < 1.29 is 4.79 Å². The van der Waals surface area contributed by atoms with Gasteiger partial charge in [0.1, 0.15) is 0 Å². The van der Waals surface area contributed by atoms with E-state index in [1.54, 1.807) is 6.92 Å². The Morgan fingerprint density at radius 1 is 1.38 bits per heavy atom. The van der Waals surface area contributed by atoms with Gasteiger partial charge in [0.05, 0.1) is 0 Å². The van der Waals surface area contributed by atoms with Crippen LogP contribution in [-0.4, -0.2) is 5.78 Å². The van der Waals surface area contributed by atoms with Gasteiger partial charge >= 0.3 is 0 Å². The molecule has 13 heavy (non-hydrogen) atoms. The second-order valence-corrected chi connectivity index (χ2v) is 4.42. The standard InChI is InChI=1S/C11H11BrO/c1-7(13)11-6-9(12)5-8-3-2-4-10(8)11/h5-6H,2-4H2,1H3. The molecule has 68 valence electrons. The van der Waals surface area contributed by atoms with E-state index in [1.807, 2.05) is 6.07 Å². The maximum atomic E-state index is 11.3. The van der Waals surface area contributed by atoms with Crippen LogP contribution in [0.1, 0.15) is 34.8 Å². The molecule has 1 nitrogen and oxygen atoms in total. The van der Waals surface area contributed by atoms with Gasteiger partial charge < -0.3 is 0 Å². The number of benzene rings is 1. The van der Waals surface area contributed by atoms with Crippen LogP contribution >= 0.6 is 15.9 Å². The molecule has 1 aliphatic rings. The zero-order valence-electron chi connectivity index (χ0n) is 7.56. The maximum absolute atomic E-state index is 11.3. The van der Waals surface area contributed by atoms with Crippen molar-refractivity contribution in [3.63, 3.8) is 0 Å². The maximum Gasteiger partial charge on any atom is 0.160 e. The number of fused-ring (bicyclic) bond motifs is 1. The van der Waals surface area contributed by atoms with Crippen molar-refractivity contribution in [2.45, 2.75) is 26.2 Å². The molecule has 0 unspecified atom stereocenters. The highest BCUT2D eigenvalue weighted by molar-refractivity contribution is 9.10. The van der Waals surface area contributed by atoms with E-state index in [0.717, 1.165) is 22.9 Å². The average Bonchev–Trinajstić information content (AvgIpc) is 2.49. The molecule has 0 saturated heterocycles. The Bertz CT molecular complexity index is 369. The van der Waals surface area contributed by atoms with Crippen LogP contribution in [0.4, 0.5) is 0 Å². The molecule has 2 heteroatoms. The molecule has 1 aromatic carbocycles. The number of aryl methyl sites for hydroxylation is 1. The molecule has 0 saturated carbocycles. The lowest BCUT2D eigenvalue weighted by molar-refractivity contribution is 0.101. The first kappa shape index (κ1) is 8.95. The molecule has 0 amide bonds. The molecule has 0 atom stereocenters. The van der Waals surface area contributed by atoms with Gasteiger partial charge in [0.2, 0.25) is 0 Å². The number of carbonyl (C=O) groups excluding carboxylic acids is 1. The van der Waals surface area contributed by atoms with Crippen molar-refractivity contribution in [3.05, 3.63) is 33.3 Å². The minimum Gasteiger partial charge on any atom is -0.295 e. The van der Waals surface area contributed by atoms with Crippen LogP contribution in [0, 0.1) is 0 Å². The number of carbonyl (C=O) groups is 1. The molecular formula is C11H11BrO. The summed E-state index contributed by atoms with van der Waals surface area (Å²) in [6.45, 7) is 1.64. The molecule has 1 aromatic rings. The second kappa shape index (κ2) is 3.26. The lowest BCUT2D eigenvalue weighted by Gasteiger charge is -2.05. The van der Waals surface area contributed by atoms with Crippen LogP contribution in [0.2, 0.25) is 0 Å². The van der Waals surface area contributed by atoms with Crippen LogP contribution < -0.4 is 0 Å². The highest BCUT2D eigenvalue weighted by Crippen LogP contribution is 2.29. The first-order valence-corrected chi connectivity index (χ1v) is 5.30. The van der Waals surface area contributed by atoms with Crippen LogP contribution in [0.3, 0.4) is 0 Å². The highest BCUT2D eigenvalue weighted by atomic mass is 79.9. The zero-order valence-corrected chi connectivity index (χ0v) is 9.15. The normalized spacial score (nSPS) is 14.3. The molecular weight excluding hydrogens is 228 g/mol. The minimum atomic E-state index is 0.180. The smallest absolute Gasteiger partial charge is 0.160 e. The van der Waals surface area contributed by atoms with E-state index in [-0.39, 0.29) is 5.78 Å². The lowest BCUT2D eigenvalue weighted by Crippen LogP contribution is -1.99. The molecule has 0 fully saturated rings. The van der Waals surface area contributed by atoms with Gasteiger partial charge in [-0.05, 0) is 49.4 Å². The number of hydrogen-bond acceptors (Lipinski definition) is 1. The summed E-state index contributed by atoms with van der Waals surface area (Å²) in [5, 5.41) is 0. The second-order valence-electron chi connectivity index (χ2n) is 3.50. The molecule has 0 aliphatic heterocycles. The molecule has 0 N–H and O–H groups in total. The zero-order chi connectivity index (χ0) is 9.42. The lowest BCUT2D eigenvalue weighted by atomic mass is 10.0. The van der Waals surface area contributed by atoms with E-state index >= 15 is 0 Å². The van der Waals surface area contributed by atoms with Crippen molar-refractivity contribution in [3.8, 4) is 0 Å². The molecule has 1 aliphatic carbocycles. The summed E-state index contributed by atoms with van der Waals surface area (Å²) in [5.74, 6) is 0.180. The Morgan fingerprint density at radius 2 is 2.15 bits per heavy atom. The van der Waals surface area contributed by atoms with E-state index < -0.39 is 0 Å². The molecule has 0 aromatic heterocycles. The molecule has 0 radical (unpaired) electrons. The summed E-state index contributed by atoms with van der Waals surface area (Å²) in [4.78, 5) is 11.3. The predicted molar refractivity (Wildman–Crippen MR) is 56.2 cm³/mol. The quantitative estimate of drug-likeness (QED) is 0.688. The molecule has 0 bridgehead atoms. The van der Waals surface area contributed by atoms with Gasteiger partial charge in [-0.1, -0.05) is 15.9 Å². The highest BCUT2D eigenvalue weighted by Gasteiger charge is 2.17. The largest absolute Gasteiger partial charge is 0.295 e. The van der Waals surface area contributed by atoms with Gasteiger partial charge in [0.25, 0.3) is 0 Å². The Labute approximate surface area is 86.3 Å². The predicted octanol–water partition coefficient (Wildman–Crippen LogP) is 3.14. The number of ketones is 1. The Hall–Kier alpha value is -0.630. The number of Topliss-reactive ketones (excluding diaryl/α,β-unsaturated/α-hetero) is 1. The van der Waals surface area contributed by atoms with Gasteiger partial charge in [-0.2, -0.15) is 0 Å². The third-order valence-electron chi connectivity index (χ3n) is 2.56. The minimum absolute atomic E-state index is 0.180. The van der Waals surface area contributed by atoms with E-state index in [0.29, 0.717) is 0 Å². The third kappa shape index (κ3) is 1.55. The van der Waals surface area contributed by atoms with Gasteiger partial charge in [-0.15, -0.1) is 0 Å². The van der Waals surface area contributed by atoms with Crippen LogP contribution in [0.5, 0.6) is 0 Å². The Morgan fingerprint density at radius 3 is 2.85 bits per heavy atom. The van der Waals surface area contributed by atoms with E-state index in [9.17, 15) is 4.79 Å². The summed E-state index contributed by atoms with van der Waals surface area (Å²) in [5.41, 5.74) is 3.53. The fourth-order valence-corrected chi connectivity index (χ4v) is 2.49. The van der Waals surface area contributed by atoms with Crippen molar-refractivity contribution in [1.29, 1.82) is 0 Å². The van der Waals surface area contributed by atoms with E-state index in [2.05, 4.69) is 22.0 Å². The summed E-state index contributed by atoms with van der Waals surface area (Å²) < 4.78 is 1.03. The number of rotatable bonds is 1. The van der Waals surface area contributed by atoms with Crippen LogP contribution in [0.25, 0.3) is 0 Å².